The van der Waals surface area contributed by atoms with E-state index in [1.807, 2.05) is 0 Å². The minimum Gasteiger partial charge on any atom is -0.380 e. The molecule has 0 saturated heterocycles. The molecule has 1 saturated carbocycles. The first kappa shape index (κ1) is 10.2. The molecule has 1 aromatic carbocycles. The zero-order valence-corrected chi connectivity index (χ0v) is 9.71. The molecule has 16 heavy (non-hydrogen) atoms. The van der Waals surface area contributed by atoms with E-state index in [9.17, 15) is 0 Å². The number of fused-ring (bicyclic) bond motifs is 2. The van der Waals surface area contributed by atoms with Crippen LogP contribution in [0.5, 0.6) is 0 Å². The summed E-state index contributed by atoms with van der Waals surface area (Å²) in [5.41, 5.74) is 9.13. The van der Waals surface area contributed by atoms with Gasteiger partial charge in [-0.25, -0.2) is 0 Å². The number of para-hydroxylation sites is 1. The van der Waals surface area contributed by atoms with Crippen LogP contribution in [-0.2, 0) is 5.41 Å². The number of anilines is 1. The van der Waals surface area contributed by atoms with E-state index < -0.39 is 0 Å². The average molecular weight is 216 g/mol. The van der Waals surface area contributed by atoms with Crippen LogP contribution in [0, 0.1) is 0 Å². The van der Waals surface area contributed by atoms with Gasteiger partial charge in [-0.15, -0.1) is 0 Å². The maximum Gasteiger partial charge on any atom is 0.0481 e. The van der Waals surface area contributed by atoms with Gasteiger partial charge < -0.3 is 11.1 Å². The van der Waals surface area contributed by atoms with Gasteiger partial charge >= 0.3 is 0 Å². The number of nitrogens with one attached hydrogen (secondary N) is 1. The molecule has 0 aromatic heterocycles. The molecule has 1 fully saturated rings. The first-order valence-electron chi connectivity index (χ1n) is 6.43. The van der Waals surface area contributed by atoms with Crippen molar-refractivity contribution in [1.82, 2.24) is 0 Å². The van der Waals surface area contributed by atoms with Crippen molar-refractivity contribution >= 4 is 5.69 Å². The Bertz CT molecular complexity index is 380. The molecule has 0 radical (unpaired) electrons. The summed E-state index contributed by atoms with van der Waals surface area (Å²) in [6, 6.07) is 9.21. The highest BCUT2D eigenvalue weighted by Crippen LogP contribution is 2.49. The van der Waals surface area contributed by atoms with Crippen LogP contribution >= 0.6 is 0 Å². The summed E-state index contributed by atoms with van der Waals surface area (Å²) >= 11 is 0. The normalized spacial score (nSPS) is 26.4. The first-order valence-corrected chi connectivity index (χ1v) is 6.43. The minimum atomic E-state index is 0.337. The van der Waals surface area contributed by atoms with E-state index in [1.165, 1.54) is 43.4 Å². The van der Waals surface area contributed by atoms with Gasteiger partial charge in [0.2, 0.25) is 0 Å². The van der Waals surface area contributed by atoms with Crippen molar-refractivity contribution in [2.45, 2.75) is 43.6 Å². The Balaban J connectivity index is 2.06. The Morgan fingerprint density at radius 2 is 1.94 bits per heavy atom. The van der Waals surface area contributed by atoms with Crippen molar-refractivity contribution in [2.75, 3.05) is 11.9 Å². The second kappa shape index (κ2) is 3.77. The average Bonchev–Trinajstić information content (AvgIpc) is 2.65. The van der Waals surface area contributed by atoms with E-state index >= 15 is 0 Å². The molecule has 1 spiro atoms. The van der Waals surface area contributed by atoms with Gasteiger partial charge in [-0.2, -0.15) is 0 Å². The Labute approximate surface area is 97.2 Å². The monoisotopic (exact) mass is 216 g/mol. The van der Waals surface area contributed by atoms with E-state index in [0.717, 1.165) is 6.54 Å². The fraction of sp³-hybridized carbons (Fsp3) is 0.571. The van der Waals surface area contributed by atoms with E-state index in [0.29, 0.717) is 11.5 Å². The molecule has 3 N–H and O–H groups in total. The molecule has 1 heterocycles. The largest absolute Gasteiger partial charge is 0.380 e. The predicted molar refractivity (Wildman–Crippen MR) is 67.7 cm³/mol. The number of nitrogens with two attached hydrogens (primary N) is 1. The van der Waals surface area contributed by atoms with Crippen LogP contribution in [0.25, 0.3) is 0 Å². The number of benzene rings is 1. The van der Waals surface area contributed by atoms with Gasteiger partial charge in [0, 0.05) is 23.7 Å². The van der Waals surface area contributed by atoms with E-state index in [2.05, 4.69) is 29.6 Å². The second-order valence-electron chi connectivity index (χ2n) is 5.20. The summed E-state index contributed by atoms with van der Waals surface area (Å²) in [6.07, 6.45) is 6.71. The summed E-state index contributed by atoms with van der Waals surface area (Å²) < 4.78 is 0. The van der Waals surface area contributed by atoms with Gasteiger partial charge in [0.05, 0.1) is 0 Å². The van der Waals surface area contributed by atoms with E-state index in [-0.39, 0.29) is 0 Å². The third kappa shape index (κ3) is 1.29. The minimum absolute atomic E-state index is 0.337. The molecule has 0 amide bonds. The molecule has 1 aromatic rings. The van der Waals surface area contributed by atoms with Gasteiger partial charge in [-0.3, -0.25) is 0 Å². The van der Waals surface area contributed by atoms with Crippen LogP contribution in [0.1, 0.15) is 37.7 Å². The molecule has 0 unspecified atom stereocenters. The Morgan fingerprint density at radius 1 is 1.19 bits per heavy atom. The molecule has 0 bridgehead atoms. The molecule has 86 valence electrons. The topological polar surface area (TPSA) is 38.0 Å². The Kier molecular flexibility index (Phi) is 2.40. The smallest absolute Gasteiger partial charge is 0.0481 e. The second-order valence-corrected chi connectivity index (χ2v) is 5.20. The van der Waals surface area contributed by atoms with Crippen LogP contribution in [-0.4, -0.2) is 12.6 Å². The lowest BCUT2D eigenvalue weighted by Gasteiger charge is -2.38. The summed E-state index contributed by atoms with van der Waals surface area (Å²) in [4.78, 5) is 0. The van der Waals surface area contributed by atoms with Crippen molar-refractivity contribution in [3.8, 4) is 0 Å². The van der Waals surface area contributed by atoms with Crippen molar-refractivity contribution in [3.63, 3.8) is 0 Å². The highest BCUT2D eigenvalue weighted by molar-refractivity contribution is 5.62. The fourth-order valence-electron chi connectivity index (χ4n) is 3.64. The Hall–Kier alpha value is -1.02. The van der Waals surface area contributed by atoms with Gasteiger partial charge in [-0.05, 0) is 24.5 Å². The van der Waals surface area contributed by atoms with Crippen molar-refractivity contribution < 1.29 is 0 Å². The summed E-state index contributed by atoms with van der Waals surface area (Å²) in [7, 11) is 0. The van der Waals surface area contributed by atoms with Crippen molar-refractivity contribution in [3.05, 3.63) is 29.8 Å². The molecule has 2 nitrogen and oxygen atoms in total. The lowest BCUT2D eigenvalue weighted by molar-refractivity contribution is 0.270. The van der Waals surface area contributed by atoms with Crippen LogP contribution in [0.4, 0.5) is 5.69 Å². The summed E-state index contributed by atoms with van der Waals surface area (Å²) in [5.74, 6) is 0. The lowest BCUT2D eigenvalue weighted by Crippen LogP contribution is -2.45. The van der Waals surface area contributed by atoms with E-state index in [1.54, 1.807) is 0 Å². The maximum absolute atomic E-state index is 5.96. The molecule has 2 aliphatic rings. The lowest BCUT2D eigenvalue weighted by atomic mass is 9.66. The van der Waals surface area contributed by atoms with Crippen molar-refractivity contribution in [1.29, 1.82) is 0 Å². The third-order valence-corrected chi connectivity index (χ3v) is 4.44. The van der Waals surface area contributed by atoms with E-state index in [4.69, 9.17) is 5.73 Å². The quantitative estimate of drug-likeness (QED) is 0.757. The van der Waals surface area contributed by atoms with Crippen molar-refractivity contribution in [2.24, 2.45) is 5.73 Å². The van der Waals surface area contributed by atoms with Gasteiger partial charge in [0.25, 0.3) is 0 Å². The third-order valence-electron chi connectivity index (χ3n) is 4.44. The molecule has 1 aliphatic carbocycles. The van der Waals surface area contributed by atoms with Gasteiger partial charge in [0.1, 0.15) is 0 Å². The molecule has 1 atom stereocenters. The molecular weight excluding hydrogens is 196 g/mol. The predicted octanol–water partition coefficient (Wildman–Crippen LogP) is 2.64. The fourth-order valence-corrected chi connectivity index (χ4v) is 3.64. The first-order chi connectivity index (χ1) is 7.87. The standard InChI is InChI=1S/C14H20N2/c15-10-13-14(8-4-1-5-9-14)11-6-2-3-7-12(11)16-13/h2-3,6-7,13,16H,1,4-5,8-10,15H2/t13-/m1/s1. The summed E-state index contributed by atoms with van der Waals surface area (Å²) in [5, 5.41) is 3.62. The number of hydrogen-bond donors (Lipinski definition) is 2. The molecule has 2 heteroatoms. The Morgan fingerprint density at radius 3 is 2.69 bits per heavy atom. The maximum atomic E-state index is 5.96. The van der Waals surface area contributed by atoms with Crippen LogP contribution in [0.15, 0.2) is 24.3 Å². The van der Waals surface area contributed by atoms with Crippen LogP contribution in [0.2, 0.25) is 0 Å². The summed E-state index contributed by atoms with van der Waals surface area (Å²) in [6.45, 7) is 0.745. The molecule has 3 rings (SSSR count). The zero-order chi connectivity index (χ0) is 11.0. The van der Waals surface area contributed by atoms with Gasteiger partial charge in [0.15, 0.2) is 0 Å². The van der Waals surface area contributed by atoms with Crippen LogP contribution < -0.4 is 11.1 Å². The van der Waals surface area contributed by atoms with Crippen LogP contribution in [0.3, 0.4) is 0 Å². The highest BCUT2D eigenvalue weighted by Gasteiger charge is 2.46. The molecule has 1 aliphatic heterocycles. The van der Waals surface area contributed by atoms with Gasteiger partial charge in [-0.1, -0.05) is 37.5 Å². The highest BCUT2D eigenvalue weighted by atomic mass is 15.0. The zero-order valence-electron chi connectivity index (χ0n) is 9.71. The SMILES string of the molecule is NC[C@H]1Nc2ccccc2C12CCCCC2. The number of rotatable bonds is 1. The number of hydrogen-bond acceptors (Lipinski definition) is 2. The molecular formula is C14H20N2.